The van der Waals surface area contributed by atoms with Crippen LogP contribution in [0.3, 0.4) is 0 Å². The van der Waals surface area contributed by atoms with Crippen LogP contribution < -0.4 is 15.4 Å². The molecule has 0 spiro atoms. The number of hydrogen-bond acceptors (Lipinski definition) is 4. The van der Waals surface area contributed by atoms with Crippen molar-refractivity contribution in [1.82, 2.24) is 10.6 Å². The molecule has 1 aromatic carbocycles. The van der Waals surface area contributed by atoms with Crippen molar-refractivity contribution in [2.24, 2.45) is 0 Å². The summed E-state index contributed by atoms with van der Waals surface area (Å²) in [5, 5.41) is 5.31. The second-order valence-corrected chi connectivity index (χ2v) is 7.09. The summed E-state index contributed by atoms with van der Waals surface area (Å²) in [6.07, 6.45) is 1.41. The van der Waals surface area contributed by atoms with Crippen LogP contribution in [-0.2, 0) is 10.2 Å². The summed E-state index contributed by atoms with van der Waals surface area (Å²) >= 11 is 0. The number of amides is 2. The maximum absolute atomic E-state index is 12.0. The van der Waals surface area contributed by atoms with E-state index in [-0.39, 0.29) is 17.1 Å². The van der Waals surface area contributed by atoms with Gasteiger partial charge in [0, 0.05) is 0 Å². The standard InChI is InChI=1S/C20H26N2O4/c1-14(22-19(24)17-6-5-12-26-17)18(23)21-11-13-25-16-9-7-15(8-10-16)20(2,3)4/h5-10,12,14H,11,13H2,1-4H3,(H,21,23)(H,22,24)/t14-/m0/s1. The number of furan rings is 1. The van der Waals surface area contributed by atoms with Crippen molar-refractivity contribution in [3.63, 3.8) is 0 Å². The summed E-state index contributed by atoms with van der Waals surface area (Å²) in [6, 6.07) is 10.4. The highest BCUT2D eigenvalue weighted by atomic mass is 16.5. The second kappa shape index (κ2) is 8.56. The van der Waals surface area contributed by atoms with E-state index in [1.807, 2.05) is 24.3 Å². The van der Waals surface area contributed by atoms with Crippen molar-refractivity contribution in [2.75, 3.05) is 13.2 Å². The van der Waals surface area contributed by atoms with Crippen molar-refractivity contribution >= 4 is 11.8 Å². The monoisotopic (exact) mass is 358 g/mol. The molecule has 6 heteroatoms. The molecule has 26 heavy (non-hydrogen) atoms. The van der Waals surface area contributed by atoms with Crippen LogP contribution in [-0.4, -0.2) is 31.0 Å². The Morgan fingerprint density at radius 2 is 1.85 bits per heavy atom. The molecule has 0 bridgehead atoms. The van der Waals surface area contributed by atoms with Gasteiger partial charge in [0.15, 0.2) is 5.76 Å². The Hall–Kier alpha value is -2.76. The first-order chi connectivity index (χ1) is 12.3. The van der Waals surface area contributed by atoms with Crippen LogP contribution in [0.1, 0.15) is 43.8 Å². The molecule has 0 fully saturated rings. The summed E-state index contributed by atoms with van der Waals surface area (Å²) < 4.78 is 10.6. The average Bonchev–Trinajstić information content (AvgIpc) is 3.12. The van der Waals surface area contributed by atoms with Crippen molar-refractivity contribution in [3.8, 4) is 5.75 Å². The predicted molar refractivity (Wildman–Crippen MR) is 99.3 cm³/mol. The van der Waals surface area contributed by atoms with Gasteiger partial charge in [0.2, 0.25) is 5.91 Å². The fraction of sp³-hybridized carbons (Fsp3) is 0.400. The van der Waals surface area contributed by atoms with Crippen LogP contribution in [0.4, 0.5) is 0 Å². The smallest absolute Gasteiger partial charge is 0.287 e. The lowest BCUT2D eigenvalue weighted by atomic mass is 9.87. The molecule has 1 heterocycles. The first-order valence-corrected chi connectivity index (χ1v) is 8.63. The Morgan fingerprint density at radius 3 is 2.42 bits per heavy atom. The van der Waals surface area contributed by atoms with Crippen LogP contribution in [0.5, 0.6) is 5.75 Å². The topological polar surface area (TPSA) is 80.6 Å². The SMILES string of the molecule is C[C@H](NC(=O)c1ccco1)C(=O)NCCOc1ccc(C(C)(C)C)cc1. The molecule has 140 valence electrons. The minimum atomic E-state index is -0.668. The van der Waals surface area contributed by atoms with Crippen LogP contribution in [0, 0.1) is 0 Å². The molecule has 0 aliphatic heterocycles. The zero-order valence-corrected chi connectivity index (χ0v) is 15.7. The minimum Gasteiger partial charge on any atom is -0.492 e. The van der Waals surface area contributed by atoms with Gasteiger partial charge < -0.3 is 19.8 Å². The average molecular weight is 358 g/mol. The van der Waals surface area contributed by atoms with Crippen molar-refractivity contribution in [2.45, 2.75) is 39.2 Å². The quantitative estimate of drug-likeness (QED) is 0.746. The lowest BCUT2D eigenvalue weighted by molar-refractivity contribution is -0.122. The molecular weight excluding hydrogens is 332 g/mol. The Morgan fingerprint density at radius 1 is 1.15 bits per heavy atom. The van der Waals surface area contributed by atoms with E-state index in [1.54, 1.807) is 19.1 Å². The fourth-order valence-corrected chi connectivity index (χ4v) is 2.29. The molecular formula is C20H26N2O4. The highest BCUT2D eigenvalue weighted by Crippen LogP contribution is 2.24. The van der Waals surface area contributed by atoms with Crippen molar-refractivity contribution in [1.29, 1.82) is 0 Å². The predicted octanol–water partition coefficient (Wildman–Crippen LogP) is 2.89. The van der Waals surface area contributed by atoms with Gasteiger partial charge in [-0.05, 0) is 42.2 Å². The number of benzene rings is 1. The molecule has 0 unspecified atom stereocenters. The third-order valence-electron chi connectivity index (χ3n) is 3.88. The van der Waals surface area contributed by atoms with E-state index in [4.69, 9.17) is 9.15 Å². The van der Waals surface area contributed by atoms with Gasteiger partial charge in [-0.3, -0.25) is 9.59 Å². The molecule has 2 amide bonds. The zero-order valence-electron chi connectivity index (χ0n) is 15.7. The lowest BCUT2D eigenvalue weighted by Crippen LogP contribution is -2.45. The Bertz CT molecular complexity index is 715. The molecule has 0 aliphatic rings. The van der Waals surface area contributed by atoms with Gasteiger partial charge in [-0.25, -0.2) is 0 Å². The molecule has 6 nitrogen and oxygen atoms in total. The van der Waals surface area contributed by atoms with Crippen molar-refractivity contribution in [3.05, 3.63) is 54.0 Å². The molecule has 1 atom stereocenters. The van der Waals surface area contributed by atoms with Gasteiger partial charge in [-0.2, -0.15) is 0 Å². The summed E-state index contributed by atoms with van der Waals surface area (Å²) in [4.78, 5) is 23.8. The Kier molecular flexibility index (Phi) is 6.44. The number of rotatable bonds is 7. The minimum absolute atomic E-state index is 0.0999. The third-order valence-corrected chi connectivity index (χ3v) is 3.88. The molecule has 0 saturated carbocycles. The van der Waals surface area contributed by atoms with Crippen LogP contribution in [0.15, 0.2) is 47.1 Å². The van der Waals surface area contributed by atoms with E-state index < -0.39 is 11.9 Å². The number of ether oxygens (including phenoxy) is 1. The Labute approximate surface area is 153 Å². The molecule has 0 aliphatic carbocycles. The van der Waals surface area contributed by atoms with Gasteiger partial charge in [-0.15, -0.1) is 0 Å². The van der Waals surface area contributed by atoms with E-state index in [0.717, 1.165) is 5.75 Å². The van der Waals surface area contributed by atoms with Gasteiger partial charge in [0.1, 0.15) is 18.4 Å². The third kappa shape index (κ3) is 5.65. The Balaban J connectivity index is 1.70. The summed E-state index contributed by atoms with van der Waals surface area (Å²) in [5.74, 6) is 0.225. The molecule has 0 saturated heterocycles. The number of carbonyl (C=O) groups excluding carboxylic acids is 2. The molecule has 1 aromatic heterocycles. The first-order valence-electron chi connectivity index (χ1n) is 8.63. The van der Waals surface area contributed by atoms with Crippen LogP contribution >= 0.6 is 0 Å². The van der Waals surface area contributed by atoms with Crippen LogP contribution in [0.25, 0.3) is 0 Å². The second-order valence-electron chi connectivity index (χ2n) is 7.09. The van der Waals surface area contributed by atoms with Gasteiger partial charge in [0.25, 0.3) is 5.91 Å². The maximum atomic E-state index is 12.0. The number of nitrogens with one attached hydrogen (secondary N) is 2. The summed E-state index contributed by atoms with van der Waals surface area (Å²) in [5.41, 5.74) is 1.34. The normalized spacial score (nSPS) is 12.3. The molecule has 2 aromatic rings. The van der Waals surface area contributed by atoms with E-state index >= 15 is 0 Å². The van der Waals surface area contributed by atoms with E-state index in [0.29, 0.717) is 13.2 Å². The highest BCUT2D eigenvalue weighted by Gasteiger charge is 2.17. The lowest BCUT2D eigenvalue weighted by Gasteiger charge is -2.19. The van der Waals surface area contributed by atoms with Crippen molar-refractivity contribution < 1.29 is 18.7 Å². The first kappa shape index (κ1) is 19.6. The molecule has 0 radical (unpaired) electrons. The van der Waals surface area contributed by atoms with Gasteiger partial charge >= 0.3 is 0 Å². The molecule has 2 rings (SSSR count). The van der Waals surface area contributed by atoms with Gasteiger partial charge in [0.05, 0.1) is 12.8 Å². The van der Waals surface area contributed by atoms with E-state index in [1.165, 1.54) is 11.8 Å². The van der Waals surface area contributed by atoms with E-state index in [9.17, 15) is 9.59 Å². The number of carbonyl (C=O) groups is 2. The van der Waals surface area contributed by atoms with Gasteiger partial charge in [-0.1, -0.05) is 32.9 Å². The fourth-order valence-electron chi connectivity index (χ4n) is 2.29. The largest absolute Gasteiger partial charge is 0.492 e. The van der Waals surface area contributed by atoms with E-state index in [2.05, 4.69) is 31.4 Å². The number of hydrogen-bond donors (Lipinski definition) is 2. The summed E-state index contributed by atoms with van der Waals surface area (Å²) in [7, 11) is 0. The maximum Gasteiger partial charge on any atom is 0.287 e. The summed E-state index contributed by atoms with van der Waals surface area (Å²) in [6.45, 7) is 8.78. The van der Waals surface area contributed by atoms with Crippen LogP contribution in [0.2, 0.25) is 0 Å². The highest BCUT2D eigenvalue weighted by molar-refractivity contribution is 5.95. The molecule has 2 N–H and O–H groups in total. The zero-order chi connectivity index (χ0) is 19.2.